The van der Waals surface area contributed by atoms with Gasteiger partial charge >= 0.3 is 0 Å². The smallest absolute Gasteiger partial charge is 0.244 e. The predicted octanol–water partition coefficient (Wildman–Crippen LogP) is 2.09. The second kappa shape index (κ2) is 5.73. The van der Waals surface area contributed by atoms with E-state index in [4.69, 9.17) is 5.73 Å². The van der Waals surface area contributed by atoms with E-state index < -0.39 is 0 Å². The number of rotatable bonds is 3. The third-order valence-electron chi connectivity index (χ3n) is 3.39. The number of nitrogens with one attached hydrogen (secondary N) is 1. The van der Waals surface area contributed by atoms with Gasteiger partial charge in [0.2, 0.25) is 5.91 Å². The first-order chi connectivity index (χ1) is 10.7. The fourth-order valence-corrected chi connectivity index (χ4v) is 2.33. The molecule has 1 amide bonds. The Balaban J connectivity index is 2.15. The van der Waals surface area contributed by atoms with Crippen molar-refractivity contribution in [2.45, 2.75) is 0 Å². The summed E-state index contributed by atoms with van der Waals surface area (Å²) in [5.74, 6) is 0.317. The zero-order chi connectivity index (χ0) is 15.5. The number of nitrogens with zero attached hydrogens (tertiary/aromatic N) is 2. The second-order valence-electron chi connectivity index (χ2n) is 4.89. The number of hydrogen-bond donors (Lipinski definition) is 2. The highest BCUT2D eigenvalue weighted by Gasteiger charge is 2.09. The molecule has 0 aliphatic rings. The molecule has 0 unspecified atom stereocenters. The van der Waals surface area contributed by atoms with E-state index >= 15 is 0 Å². The Kier molecular flexibility index (Phi) is 3.62. The zero-order valence-corrected chi connectivity index (χ0v) is 12.2. The average molecular weight is 292 g/mol. The van der Waals surface area contributed by atoms with Gasteiger partial charge in [-0.2, -0.15) is 0 Å². The average Bonchev–Trinajstić information content (AvgIpc) is 2.92. The number of fused-ring (bicyclic) bond motifs is 1. The van der Waals surface area contributed by atoms with Crippen LogP contribution in [0.15, 0.2) is 60.9 Å². The minimum atomic E-state index is -0.149. The van der Waals surface area contributed by atoms with Gasteiger partial charge in [-0.15, -0.1) is 0 Å². The molecule has 3 N–H and O–H groups in total. The molecular formula is C17H16N4O. The van der Waals surface area contributed by atoms with E-state index in [-0.39, 0.29) is 5.91 Å². The largest absolute Gasteiger partial charge is 0.382 e. The first-order valence-electron chi connectivity index (χ1n) is 6.91. The van der Waals surface area contributed by atoms with Gasteiger partial charge in [-0.3, -0.25) is 4.79 Å². The molecule has 0 fully saturated rings. The number of likely N-dealkylation sites (N-methyl/N-ethyl adjacent to an activating group) is 1. The van der Waals surface area contributed by atoms with Gasteiger partial charge in [0, 0.05) is 19.3 Å². The van der Waals surface area contributed by atoms with Crippen LogP contribution in [0.2, 0.25) is 0 Å². The zero-order valence-electron chi connectivity index (χ0n) is 12.2. The minimum absolute atomic E-state index is 0.149. The lowest BCUT2D eigenvalue weighted by Crippen LogP contribution is -2.15. The van der Waals surface area contributed by atoms with Gasteiger partial charge in [-0.05, 0) is 28.8 Å². The van der Waals surface area contributed by atoms with Gasteiger partial charge in [-0.1, -0.05) is 30.3 Å². The normalized spacial score (nSPS) is 11.6. The number of carbonyl (C=O) groups is 1. The Morgan fingerprint density at radius 3 is 2.64 bits per heavy atom. The monoisotopic (exact) mass is 292 g/mol. The Hall–Kier alpha value is -3.08. The van der Waals surface area contributed by atoms with Crippen molar-refractivity contribution < 1.29 is 4.79 Å². The topological polar surface area (TPSA) is 72.4 Å². The van der Waals surface area contributed by atoms with Crippen LogP contribution < -0.4 is 11.1 Å². The lowest BCUT2D eigenvalue weighted by molar-refractivity contribution is -0.116. The van der Waals surface area contributed by atoms with Crippen molar-refractivity contribution in [1.82, 2.24) is 14.7 Å². The van der Waals surface area contributed by atoms with E-state index in [1.165, 1.54) is 0 Å². The van der Waals surface area contributed by atoms with Crippen LogP contribution in [0.1, 0.15) is 11.1 Å². The first kappa shape index (κ1) is 13.9. The SMILES string of the molecule is CNC(=O)/C=C(\c1ccccc1)c1ccc2nc(N)cn2c1. The van der Waals surface area contributed by atoms with Gasteiger partial charge in [0.1, 0.15) is 11.5 Å². The maximum absolute atomic E-state index is 11.8. The second-order valence-corrected chi connectivity index (χ2v) is 4.89. The molecule has 0 atom stereocenters. The number of carbonyl (C=O) groups excluding carboxylic acids is 1. The predicted molar refractivity (Wildman–Crippen MR) is 87.2 cm³/mol. The summed E-state index contributed by atoms with van der Waals surface area (Å²) in [5.41, 5.74) is 9.22. The molecule has 5 nitrogen and oxygen atoms in total. The highest BCUT2D eigenvalue weighted by molar-refractivity contribution is 5.99. The first-order valence-corrected chi connectivity index (χ1v) is 6.91. The maximum Gasteiger partial charge on any atom is 0.244 e. The molecule has 3 aromatic rings. The molecule has 22 heavy (non-hydrogen) atoms. The van der Waals surface area contributed by atoms with Crippen molar-refractivity contribution in [1.29, 1.82) is 0 Å². The number of hydrogen-bond acceptors (Lipinski definition) is 3. The highest BCUT2D eigenvalue weighted by Crippen LogP contribution is 2.24. The van der Waals surface area contributed by atoms with Crippen molar-refractivity contribution in [2.75, 3.05) is 12.8 Å². The summed E-state index contributed by atoms with van der Waals surface area (Å²) in [6.07, 6.45) is 5.26. The van der Waals surface area contributed by atoms with Gasteiger partial charge in [0.15, 0.2) is 0 Å². The summed E-state index contributed by atoms with van der Waals surface area (Å²) in [4.78, 5) is 16.0. The molecule has 0 spiro atoms. The van der Waals surface area contributed by atoms with E-state index in [9.17, 15) is 4.79 Å². The van der Waals surface area contributed by atoms with E-state index in [2.05, 4.69) is 10.3 Å². The molecular weight excluding hydrogens is 276 g/mol. The number of imidazole rings is 1. The Bertz CT molecular complexity index is 849. The molecule has 3 rings (SSSR count). The number of benzene rings is 1. The van der Waals surface area contributed by atoms with E-state index in [0.29, 0.717) is 5.82 Å². The van der Waals surface area contributed by atoms with Crippen LogP contribution in [0.4, 0.5) is 5.82 Å². The minimum Gasteiger partial charge on any atom is -0.382 e. The summed E-state index contributed by atoms with van der Waals surface area (Å²) < 4.78 is 1.85. The molecule has 0 aliphatic carbocycles. The Morgan fingerprint density at radius 1 is 1.14 bits per heavy atom. The summed E-state index contributed by atoms with van der Waals surface area (Å²) in [6.45, 7) is 0. The van der Waals surface area contributed by atoms with Gasteiger partial charge < -0.3 is 15.5 Å². The number of pyridine rings is 1. The van der Waals surface area contributed by atoms with Crippen molar-refractivity contribution in [3.63, 3.8) is 0 Å². The van der Waals surface area contributed by atoms with E-state index in [0.717, 1.165) is 22.3 Å². The lowest BCUT2D eigenvalue weighted by atomic mass is 9.99. The summed E-state index contributed by atoms with van der Waals surface area (Å²) in [5, 5.41) is 2.62. The molecule has 110 valence electrons. The molecule has 0 bridgehead atoms. The Labute approximate surface area is 128 Å². The van der Waals surface area contributed by atoms with Gasteiger partial charge in [0.05, 0.1) is 6.20 Å². The fraction of sp³-hybridized carbons (Fsp3) is 0.0588. The number of nitrogens with two attached hydrogens (primary N) is 1. The number of amides is 1. The molecule has 2 heterocycles. The molecule has 2 aromatic heterocycles. The molecule has 0 saturated carbocycles. The van der Waals surface area contributed by atoms with Crippen molar-refractivity contribution in [3.05, 3.63) is 72.1 Å². The van der Waals surface area contributed by atoms with Crippen LogP contribution in [0.25, 0.3) is 11.2 Å². The highest BCUT2D eigenvalue weighted by atomic mass is 16.1. The number of anilines is 1. The third-order valence-corrected chi connectivity index (χ3v) is 3.39. The summed E-state index contributed by atoms with van der Waals surface area (Å²) in [6, 6.07) is 13.6. The van der Waals surface area contributed by atoms with Crippen LogP contribution in [0.3, 0.4) is 0 Å². The van der Waals surface area contributed by atoms with Crippen LogP contribution in [-0.2, 0) is 4.79 Å². The molecule has 0 radical (unpaired) electrons. The third kappa shape index (κ3) is 2.69. The van der Waals surface area contributed by atoms with Crippen molar-refractivity contribution >= 4 is 22.9 Å². The van der Waals surface area contributed by atoms with Crippen molar-refractivity contribution in [3.8, 4) is 0 Å². The molecule has 0 saturated heterocycles. The van der Waals surface area contributed by atoms with Crippen LogP contribution >= 0.6 is 0 Å². The number of nitrogen functional groups attached to an aromatic ring is 1. The van der Waals surface area contributed by atoms with Crippen molar-refractivity contribution in [2.24, 2.45) is 0 Å². The van der Waals surface area contributed by atoms with Crippen LogP contribution in [-0.4, -0.2) is 22.3 Å². The fourth-order valence-electron chi connectivity index (χ4n) is 2.33. The summed E-state index contributed by atoms with van der Waals surface area (Å²) >= 11 is 0. The quantitative estimate of drug-likeness (QED) is 0.726. The summed E-state index contributed by atoms with van der Waals surface area (Å²) in [7, 11) is 1.61. The van der Waals surface area contributed by atoms with Crippen LogP contribution in [0, 0.1) is 0 Å². The molecule has 5 heteroatoms. The van der Waals surface area contributed by atoms with Gasteiger partial charge in [0.25, 0.3) is 0 Å². The number of aromatic nitrogens is 2. The Morgan fingerprint density at radius 2 is 1.91 bits per heavy atom. The maximum atomic E-state index is 11.8. The standard InChI is InChI=1S/C17H16N4O/c1-19-17(22)9-14(12-5-3-2-4-6-12)13-7-8-16-20-15(18)11-21(16)10-13/h2-11H,18H2,1H3,(H,19,22)/b14-9+. The van der Waals surface area contributed by atoms with Gasteiger partial charge in [-0.25, -0.2) is 4.98 Å². The molecule has 1 aromatic carbocycles. The van der Waals surface area contributed by atoms with E-state index in [1.807, 2.05) is 53.1 Å². The molecule has 0 aliphatic heterocycles. The van der Waals surface area contributed by atoms with E-state index in [1.54, 1.807) is 19.3 Å². The lowest BCUT2D eigenvalue weighted by Gasteiger charge is -2.09. The van der Waals surface area contributed by atoms with Crippen LogP contribution in [0.5, 0.6) is 0 Å².